The van der Waals surface area contributed by atoms with Gasteiger partial charge < -0.3 is 0 Å². The maximum Gasteiger partial charge on any atom is 0.0595 e. The van der Waals surface area contributed by atoms with E-state index in [4.69, 9.17) is 23.2 Å². The summed E-state index contributed by atoms with van der Waals surface area (Å²) in [6, 6.07) is 0. The summed E-state index contributed by atoms with van der Waals surface area (Å²) in [5.41, 5.74) is 0. The van der Waals surface area contributed by atoms with Crippen LogP contribution in [-0.4, -0.2) is 9.75 Å². The van der Waals surface area contributed by atoms with Gasteiger partial charge in [0.05, 0.1) is 4.87 Å². The fourth-order valence-electron chi connectivity index (χ4n) is 2.87. The van der Waals surface area contributed by atoms with Crippen molar-refractivity contribution in [3.8, 4) is 0 Å². The first kappa shape index (κ1) is 22.3. The molecule has 0 aliphatic heterocycles. The van der Waals surface area contributed by atoms with Gasteiger partial charge in [-0.25, -0.2) is 0 Å². The SMILES string of the molecule is C=CC(C)(Cl)CCCC(C)(Cl)CCCC(C)CCCC(C)C. The highest BCUT2D eigenvalue weighted by Gasteiger charge is 2.23. The number of hydrogen-bond donors (Lipinski definition) is 0. The second-order valence-electron chi connectivity index (χ2n) is 8.07. The third-order valence-electron chi connectivity index (χ3n) is 4.66. The van der Waals surface area contributed by atoms with E-state index < -0.39 is 0 Å². The van der Waals surface area contributed by atoms with E-state index in [2.05, 4.69) is 34.3 Å². The molecule has 0 aliphatic rings. The van der Waals surface area contributed by atoms with Crippen LogP contribution < -0.4 is 0 Å². The topological polar surface area (TPSA) is 0 Å². The van der Waals surface area contributed by atoms with Gasteiger partial charge in [0.25, 0.3) is 0 Å². The average Bonchev–Trinajstić information content (AvgIpc) is 2.37. The molecule has 0 nitrogen and oxygen atoms in total. The van der Waals surface area contributed by atoms with Gasteiger partial charge in [0, 0.05) is 4.87 Å². The van der Waals surface area contributed by atoms with Crippen molar-refractivity contribution < 1.29 is 0 Å². The zero-order valence-electron chi connectivity index (χ0n) is 15.6. The van der Waals surface area contributed by atoms with E-state index in [1.54, 1.807) is 0 Å². The Morgan fingerprint density at radius 1 is 0.864 bits per heavy atom. The molecule has 22 heavy (non-hydrogen) atoms. The summed E-state index contributed by atoms with van der Waals surface area (Å²) < 4.78 is 0. The molecule has 0 saturated heterocycles. The molecule has 0 fully saturated rings. The smallest absolute Gasteiger partial charge is 0.0595 e. The standard InChI is InChI=1S/C20H38Cl2/c1-7-19(5,21)15-10-16-20(6,22)14-9-13-18(4)12-8-11-17(2)3/h7,17-18H,1,8-16H2,2-6H3. The van der Waals surface area contributed by atoms with Crippen LogP contribution >= 0.6 is 23.2 Å². The van der Waals surface area contributed by atoms with Crippen molar-refractivity contribution >= 4 is 23.2 Å². The highest BCUT2D eigenvalue weighted by atomic mass is 35.5. The first-order chi connectivity index (χ1) is 10.1. The number of halogens is 2. The van der Waals surface area contributed by atoms with Crippen molar-refractivity contribution in [1.29, 1.82) is 0 Å². The normalized spacial score (nSPS) is 18.7. The van der Waals surface area contributed by atoms with Crippen LogP contribution in [0.4, 0.5) is 0 Å². The van der Waals surface area contributed by atoms with Gasteiger partial charge in [-0.1, -0.05) is 59.0 Å². The molecule has 0 rings (SSSR count). The van der Waals surface area contributed by atoms with Gasteiger partial charge in [-0.3, -0.25) is 0 Å². The molecule has 0 saturated carbocycles. The summed E-state index contributed by atoms with van der Waals surface area (Å²) >= 11 is 13.0. The lowest BCUT2D eigenvalue weighted by Gasteiger charge is -2.25. The summed E-state index contributed by atoms with van der Waals surface area (Å²) in [7, 11) is 0. The van der Waals surface area contributed by atoms with Crippen molar-refractivity contribution in [2.24, 2.45) is 11.8 Å². The van der Waals surface area contributed by atoms with Crippen LogP contribution in [-0.2, 0) is 0 Å². The van der Waals surface area contributed by atoms with Crippen LogP contribution in [0.3, 0.4) is 0 Å². The van der Waals surface area contributed by atoms with Crippen LogP contribution in [0, 0.1) is 11.8 Å². The molecule has 3 atom stereocenters. The van der Waals surface area contributed by atoms with E-state index in [0.717, 1.165) is 37.5 Å². The molecule has 2 heteroatoms. The minimum atomic E-state index is -0.280. The fourth-order valence-corrected chi connectivity index (χ4v) is 3.27. The average molecular weight is 349 g/mol. The Morgan fingerprint density at radius 2 is 1.41 bits per heavy atom. The molecular weight excluding hydrogens is 311 g/mol. The van der Waals surface area contributed by atoms with E-state index >= 15 is 0 Å². The van der Waals surface area contributed by atoms with Gasteiger partial charge in [0.2, 0.25) is 0 Å². The Labute approximate surface area is 150 Å². The number of rotatable bonds is 13. The molecule has 0 bridgehead atoms. The Bertz CT molecular complexity index is 292. The third kappa shape index (κ3) is 12.8. The van der Waals surface area contributed by atoms with Gasteiger partial charge in [0.1, 0.15) is 0 Å². The summed E-state index contributed by atoms with van der Waals surface area (Å²) in [4.78, 5) is -0.357. The van der Waals surface area contributed by atoms with Gasteiger partial charge in [-0.15, -0.1) is 29.8 Å². The Morgan fingerprint density at radius 3 is 1.95 bits per heavy atom. The zero-order valence-corrected chi connectivity index (χ0v) is 17.1. The van der Waals surface area contributed by atoms with Gasteiger partial charge >= 0.3 is 0 Å². The molecule has 0 aromatic carbocycles. The van der Waals surface area contributed by atoms with E-state index in [1.807, 2.05) is 13.0 Å². The first-order valence-electron chi connectivity index (χ1n) is 9.09. The van der Waals surface area contributed by atoms with E-state index in [1.165, 1.54) is 32.1 Å². The lowest BCUT2D eigenvalue weighted by Crippen LogP contribution is -2.19. The highest BCUT2D eigenvalue weighted by Crippen LogP contribution is 2.32. The van der Waals surface area contributed by atoms with Crippen molar-refractivity contribution in [3.63, 3.8) is 0 Å². The summed E-state index contributed by atoms with van der Waals surface area (Å²) in [5.74, 6) is 1.67. The molecular formula is C20H38Cl2. The fraction of sp³-hybridized carbons (Fsp3) is 0.900. The van der Waals surface area contributed by atoms with E-state index in [-0.39, 0.29) is 9.75 Å². The second kappa shape index (κ2) is 11.0. The van der Waals surface area contributed by atoms with Gasteiger partial charge in [0.15, 0.2) is 0 Å². The Kier molecular flexibility index (Phi) is 11.1. The minimum absolute atomic E-state index is 0.0776. The summed E-state index contributed by atoms with van der Waals surface area (Å²) in [6.45, 7) is 15.0. The van der Waals surface area contributed by atoms with Gasteiger partial charge in [-0.2, -0.15) is 0 Å². The zero-order chi connectivity index (χ0) is 17.2. The molecule has 0 heterocycles. The van der Waals surface area contributed by atoms with Crippen molar-refractivity contribution in [2.45, 2.75) is 102 Å². The van der Waals surface area contributed by atoms with Gasteiger partial charge in [-0.05, 0) is 51.4 Å². The predicted molar refractivity (Wildman–Crippen MR) is 104 cm³/mol. The van der Waals surface area contributed by atoms with E-state index in [9.17, 15) is 0 Å². The summed E-state index contributed by atoms with van der Waals surface area (Å²) in [5, 5.41) is 0. The second-order valence-corrected chi connectivity index (χ2v) is 9.85. The molecule has 0 amide bonds. The van der Waals surface area contributed by atoms with Crippen molar-refractivity contribution in [2.75, 3.05) is 0 Å². The minimum Gasteiger partial charge on any atom is -0.120 e. The van der Waals surface area contributed by atoms with Crippen LogP contribution in [0.5, 0.6) is 0 Å². The third-order valence-corrected chi connectivity index (χ3v) is 5.38. The van der Waals surface area contributed by atoms with Crippen LogP contribution in [0.25, 0.3) is 0 Å². The summed E-state index contributed by atoms with van der Waals surface area (Å²) in [6.07, 6.45) is 12.6. The van der Waals surface area contributed by atoms with Crippen LogP contribution in [0.2, 0.25) is 0 Å². The number of alkyl halides is 2. The molecule has 0 spiro atoms. The molecule has 0 aliphatic carbocycles. The number of hydrogen-bond acceptors (Lipinski definition) is 0. The molecule has 132 valence electrons. The Balaban J connectivity index is 3.81. The molecule has 0 radical (unpaired) electrons. The monoisotopic (exact) mass is 348 g/mol. The number of allylic oxidation sites excluding steroid dienone is 1. The Hall–Kier alpha value is 0.320. The highest BCUT2D eigenvalue weighted by molar-refractivity contribution is 6.25. The van der Waals surface area contributed by atoms with Crippen LogP contribution in [0.15, 0.2) is 12.7 Å². The van der Waals surface area contributed by atoms with Crippen LogP contribution in [0.1, 0.15) is 92.4 Å². The molecule has 3 unspecified atom stereocenters. The molecule has 0 N–H and O–H groups in total. The molecule has 0 aromatic rings. The van der Waals surface area contributed by atoms with Crippen molar-refractivity contribution in [1.82, 2.24) is 0 Å². The maximum atomic E-state index is 6.67. The quantitative estimate of drug-likeness (QED) is 0.234. The molecule has 0 aromatic heterocycles. The largest absolute Gasteiger partial charge is 0.120 e. The maximum absolute atomic E-state index is 6.67. The van der Waals surface area contributed by atoms with Crippen molar-refractivity contribution in [3.05, 3.63) is 12.7 Å². The first-order valence-corrected chi connectivity index (χ1v) is 9.85. The predicted octanol–water partition coefficient (Wildman–Crippen LogP) is 7.97. The lowest BCUT2D eigenvalue weighted by atomic mass is 9.90. The van der Waals surface area contributed by atoms with E-state index in [0.29, 0.717) is 0 Å². The lowest BCUT2D eigenvalue weighted by molar-refractivity contribution is 0.397.